The SMILES string of the molecule is CCc1nn(C)c(CN2CCCNC(CC(C)C)C2)c1Cl. The highest BCUT2D eigenvalue weighted by atomic mass is 35.5. The van der Waals surface area contributed by atoms with Crippen molar-refractivity contribution in [3.8, 4) is 0 Å². The monoisotopic (exact) mass is 312 g/mol. The van der Waals surface area contributed by atoms with Crippen molar-refractivity contribution in [2.24, 2.45) is 13.0 Å². The third kappa shape index (κ3) is 4.44. The summed E-state index contributed by atoms with van der Waals surface area (Å²) in [6.45, 7) is 10.9. The molecule has 5 heteroatoms. The van der Waals surface area contributed by atoms with Crippen molar-refractivity contribution in [1.82, 2.24) is 20.0 Å². The van der Waals surface area contributed by atoms with Crippen LogP contribution in [0.5, 0.6) is 0 Å². The number of hydrogen-bond donors (Lipinski definition) is 1. The van der Waals surface area contributed by atoms with Gasteiger partial charge in [0.05, 0.1) is 16.4 Å². The molecule has 0 amide bonds. The van der Waals surface area contributed by atoms with Crippen LogP contribution in [0.3, 0.4) is 0 Å². The number of aryl methyl sites for hydroxylation is 2. The van der Waals surface area contributed by atoms with E-state index in [2.05, 4.69) is 36.1 Å². The molecule has 2 rings (SSSR count). The summed E-state index contributed by atoms with van der Waals surface area (Å²) in [6.07, 6.45) is 3.32. The normalized spacial score (nSPS) is 21.0. The van der Waals surface area contributed by atoms with Crippen molar-refractivity contribution >= 4 is 11.6 Å². The van der Waals surface area contributed by atoms with Crippen molar-refractivity contribution in [3.05, 3.63) is 16.4 Å². The van der Waals surface area contributed by atoms with Crippen molar-refractivity contribution in [2.75, 3.05) is 19.6 Å². The third-order valence-electron chi connectivity index (χ3n) is 4.19. The van der Waals surface area contributed by atoms with Crippen molar-refractivity contribution in [1.29, 1.82) is 0 Å². The first-order valence-electron chi connectivity index (χ1n) is 8.17. The molecule has 4 nitrogen and oxygen atoms in total. The second-order valence-electron chi connectivity index (χ2n) is 6.55. The quantitative estimate of drug-likeness (QED) is 0.907. The first-order chi connectivity index (χ1) is 10.0. The Morgan fingerprint density at radius 2 is 2.19 bits per heavy atom. The molecule has 1 atom stereocenters. The highest BCUT2D eigenvalue weighted by Crippen LogP contribution is 2.23. The van der Waals surface area contributed by atoms with Gasteiger partial charge in [-0.3, -0.25) is 9.58 Å². The largest absolute Gasteiger partial charge is 0.313 e. The van der Waals surface area contributed by atoms with Crippen LogP contribution in [0.15, 0.2) is 0 Å². The maximum absolute atomic E-state index is 6.48. The molecule has 1 unspecified atom stereocenters. The summed E-state index contributed by atoms with van der Waals surface area (Å²) in [5.74, 6) is 0.731. The molecule has 0 bridgehead atoms. The molecule has 120 valence electrons. The Hall–Kier alpha value is -0.580. The first kappa shape index (κ1) is 16.8. The maximum Gasteiger partial charge on any atom is 0.0863 e. The lowest BCUT2D eigenvalue weighted by atomic mass is 10.0. The maximum atomic E-state index is 6.48. The number of hydrogen-bond acceptors (Lipinski definition) is 3. The fourth-order valence-corrected chi connectivity index (χ4v) is 3.50. The van der Waals surface area contributed by atoms with Crippen LogP contribution in [0.4, 0.5) is 0 Å². The van der Waals surface area contributed by atoms with Gasteiger partial charge in [-0.15, -0.1) is 0 Å². The Kier molecular flexibility index (Phi) is 6.08. The van der Waals surface area contributed by atoms with E-state index >= 15 is 0 Å². The van der Waals surface area contributed by atoms with E-state index in [4.69, 9.17) is 11.6 Å². The predicted octanol–water partition coefficient (Wildman–Crippen LogP) is 2.85. The van der Waals surface area contributed by atoms with Crippen molar-refractivity contribution < 1.29 is 0 Å². The minimum absolute atomic E-state index is 0.588. The van der Waals surface area contributed by atoms with Gasteiger partial charge in [-0.2, -0.15) is 5.10 Å². The molecule has 0 radical (unpaired) electrons. The molecule has 0 spiro atoms. The van der Waals surface area contributed by atoms with Gasteiger partial charge in [0.25, 0.3) is 0 Å². The molecule has 21 heavy (non-hydrogen) atoms. The van der Waals surface area contributed by atoms with Gasteiger partial charge in [0.2, 0.25) is 0 Å². The highest BCUT2D eigenvalue weighted by Gasteiger charge is 2.21. The van der Waals surface area contributed by atoms with Gasteiger partial charge in [0, 0.05) is 26.2 Å². The smallest absolute Gasteiger partial charge is 0.0863 e. The molecule has 1 aromatic heterocycles. The van der Waals surface area contributed by atoms with Gasteiger partial charge in [-0.05, 0) is 38.3 Å². The molecule has 1 fully saturated rings. The minimum atomic E-state index is 0.588. The van der Waals surface area contributed by atoms with Gasteiger partial charge < -0.3 is 5.32 Å². The Morgan fingerprint density at radius 1 is 1.43 bits per heavy atom. The molecule has 1 aromatic rings. The Labute approximate surface area is 133 Å². The standard InChI is InChI=1S/C16H29ClN4/c1-5-14-16(17)15(20(4)19-14)11-21-8-6-7-18-13(10-21)9-12(2)3/h12-13,18H,5-11H2,1-4H3. The minimum Gasteiger partial charge on any atom is -0.313 e. The van der Waals surface area contributed by atoms with Crippen molar-refractivity contribution in [3.63, 3.8) is 0 Å². The number of rotatable bonds is 5. The van der Waals surface area contributed by atoms with E-state index < -0.39 is 0 Å². The summed E-state index contributed by atoms with van der Waals surface area (Å²) in [4.78, 5) is 2.52. The first-order valence-corrected chi connectivity index (χ1v) is 8.55. The molecule has 0 aliphatic carbocycles. The fraction of sp³-hybridized carbons (Fsp3) is 0.812. The molecule has 1 aliphatic rings. The molecule has 0 saturated carbocycles. The van der Waals surface area contributed by atoms with E-state index in [-0.39, 0.29) is 0 Å². The fourth-order valence-electron chi connectivity index (χ4n) is 3.15. The Morgan fingerprint density at radius 3 is 2.81 bits per heavy atom. The Balaban J connectivity index is 2.05. The summed E-state index contributed by atoms with van der Waals surface area (Å²) in [7, 11) is 2.00. The lowest BCUT2D eigenvalue weighted by Crippen LogP contribution is -2.38. The number of halogens is 1. The highest BCUT2D eigenvalue weighted by molar-refractivity contribution is 6.31. The second-order valence-corrected chi connectivity index (χ2v) is 6.93. The third-order valence-corrected chi connectivity index (χ3v) is 4.63. The molecular weight excluding hydrogens is 284 g/mol. The predicted molar refractivity (Wildman–Crippen MR) is 88.7 cm³/mol. The lowest BCUT2D eigenvalue weighted by Gasteiger charge is -2.25. The molecule has 1 N–H and O–H groups in total. The zero-order chi connectivity index (χ0) is 15.4. The second kappa shape index (κ2) is 7.61. The number of nitrogens with one attached hydrogen (secondary N) is 1. The van der Waals surface area contributed by atoms with Crippen LogP contribution in [-0.2, 0) is 20.0 Å². The Bertz CT molecular complexity index is 455. The van der Waals surface area contributed by atoms with Crippen LogP contribution in [0.25, 0.3) is 0 Å². The number of aromatic nitrogens is 2. The summed E-state index contributed by atoms with van der Waals surface area (Å²) < 4.78 is 1.96. The van der Waals surface area contributed by atoms with E-state index in [1.54, 1.807) is 0 Å². The van der Waals surface area contributed by atoms with E-state index in [0.717, 1.165) is 54.9 Å². The van der Waals surface area contributed by atoms with Crippen LogP contribution in [-0.4, -0.2) is 40.4 Å². The van der Waals surface area contributed by atoms with Gasteiger partial charge >= 0.3 is 0 Å². The van der Waals surface area contributed by atoms with Gasteiger partial charge in [-0.1, -0.05) is 32.4 Å². The van der Waals surface area contributed by atoms with Crippen molar-refractivity contribution in [2.45, 2.75) is 52.6 Å². The van der Waals surface area contributed by atoms with E-state index in [9.17, 15) is 0 Å². The van der Waals surface area contributed by atoms with E-state index in [1.807, 2.05) is 11.7 Å². The van der Waals surface area contributed by atoms with Crippen LogP contribution in [0.2, 0.25) is 5.02 Å². The van der Waals surface area contributed by atoms with Crippen LogP contribution < -0.4 is 5.32 Å². The summed E-state index contributed by atoms with van der Waals surface area (Å²) >= 11 is 6.48. The van der Waals surface area contributed by atoms with E-state index in [0.29, 0.717) is 6.04 Å². The van der Waals surface area contributed by atoms with Crippen LogP contribution in [0.1, 0.15) is 45.0 Å². The molecule has 1 aliphatic heterocycles. The topological polar surface area (TPSA) is 33.1 Å². The van der Waals surface area contributed by atoms with Gasteiger partial charge in [0.1, 0.15) is 0 Å². The van der Waals surface area contributed by atoms with Crippen LogP contribution >= 0.6 is 11.6 Å². The zero-order valence-electron chi connectivity index (χ0n) is 13.8. The summed E-state index contributed by atoms with van der Waals surface area (Å²) in [5, 5.41) is 9.06. The average Bonchev–Trinajstić information content (AvgIpc) is 2.60. The lowest BCUT2D eigenvalue weighted by molar-refractivity contribution is 0.242. The van der Waals surface area contributed by atoms with Gasteiger partial charge in [0.15, 0.2) is 0 Å². The molecule has 0 aromatic carbocycles. The zero-order valence-corrected chi connectivity index (χ0v) is 14.6. The summed E-state index contributed by atoms with van der Waals surface area (Å²) in [5.41, 5.74) is 2.17. The van der Waals surface area contributed by atoms with Gasteiger partial charge in [-0.25, -0.2) is 0 Å². The van der Waals surface area contributed by atoms with E-state index in [1.165, 1.54) is 12.8 Å². The molecule has 2 heterocycles. The number of nitrogens with zero attached hydrogens (tertiary/aromatic N) is 3. The molecule has 1 saturated heterocycles. The molecular formula is C16H29ClN4. The van der Waals surface area contributed by atoms with Crippen LogP contribution in [0, 0.1) is 5.92 Å². The average molecular weight is 313 g/mol. The summed E-state index contributed by atoms with van der Waals surface area (Å²) in [6, 6.07) is 0.588.